The third-order valence-electron chi connectivity index (χ3n) is 3.89. The van der Waals surface area contributed by atoms with Gasteiger partial charge in [0.05, 0.1) is 0 Å². The van der Waals surface area contributed by atoms with Crippen LogP contribution in [0.2, 0.25) is 0 Å². The topological polar surface area (TPSA) is 41.1 Å². The van der Waals surface area contributed by atoms with Crippen LogP contribution >= 0.6 is 0 Å². The van der Waals surface area contributed by atoms with Crippen molar-refractivity contribution in [3.05, 3.63) is 29.8 Å². The van der Waals surface area contributed by atoms with Crippen molar-refractivity contribution in [3.8, 4) is 0 Å². The van der Waals surface area contributed by atoms with Gasteiger partial charge in [-0.1, -0.05) is 44.9 Å². The first-order valence-electron chi connectivity index (χ1n) is 7.71. The molecule has 0 aliphatic heterocycles. The monoisotopic (exact) mass is 276 g/mol. The Kier molecular flexibility index (Phi) is 7.31. The molecule has 1 aromatic carbocycles. The van der Waals surface area contributed by atoms with Gasteiger partial charge in [-0.2, -0.15) is 0 Å². The van der Waals surface area contributed by atoms with Gasteiger partial charge in [-0.05, 0) is 38.4 Å². The molecule has 0 aliphatic carbocycles. The maximum absolute atomic E-state index is 12.4. The summed E-state index contributed by atoms with van der Waals surface area (Å²) in [5, 5.41) is 6.33. The number of carbonyl (C=O) groups is 1. The molecule has 0 fully saturated rings. The average Bonchev–Trinajstić information content (AvgIpc) is 2.47. The molecule has 0 spiro atoms. The van der Waals surface area contributed by atoms with Crippen LogP contribution in [0.1, 0.15) is 58.1 Å². The highest BCUT2D eigenvalue weighted by Crippen LogP contribution is 2.24. The van der Waals surface area contributed by atoms with Crippen molar-refractivity contribution >= 4 is 11.6 Å². The summed E-state index contributed by atoms with van der Waals surface area (Å²) < 4.78 is 0. The SMILES string of the molecule is CCCCC(CC)C(=O)Nc1ccccc1C(C)NC. The van der Waals surface area contributed by atoms with Crippen LogP contribution in [0.3, 0.4) is 0 Å². The highest BCUT2D eigenvalue weighted by atomic mass is 16.1. The van der Waals surface area contributed by atoms with Gasteiger partial charge in [0.1, 0.15) is 0 Å². The maximum Gasteiger partial charge on any atom is 0.227 e. The Balaban J connectivity index is 2.79. The second kappa shape index (κ2) is 8.75. The second-order valence-corrected chi connectivity index (χ2v) is 5.33. The molecule has 1 rings (SSSR count). The predicted octanol–water partition coefficient (Wildman–Crippen LogP) is 4.12. The molecule has 112 valence electrons. The van der Waals surface area contributed by atoms with Gasteiger partial charge in [-0.15, -0.1) is 0 Å². The smallest absolute Gasteiger partial charge is 0.227 e. The minimum atomic E-state index is 0.118. The lowest BCUT2D eigenvalue weighted by molar-refractivity contribution is -0.120. The van der Waals surface area contributed by atoms with Gasteiger partial charge < -0.3 is 10.6 Å². The summed E-state index contributed by atoms with van der Waals surface area (Å²) in [6.07, 6.45) is 4.12. The summed E-state index contributed by atoms with van der Waals surface area (Å²) in [5.74, 6) is 0.268. The maximum atomic E-state index is 12.4. The molecule has 20 heavy (non-hydrogen) atoms. The summed E-state index contributed by atoms with van der Waals surface area (Å²) in [6, 6.07) is 8.24. The van der Waals surface area contributed by atoms with Crippen molar-refractivity contribution in [2.24, 2.45) is 5.92 Å². The first kappa shape index (κ1) is 16.7. The van der Waals surface area contributed by atoms with E-state index in [0.717, 1.165) is 36.9 Å². The Morgan fingerprint density at radius 2 is 1.95 bits per heavy atom. The fourth-order valence-corrected chi connectivity index (χ4v) is 2.35. The van der Waals surface area contributed by atoms with E-state index in [1.807, 2.05) is 25.2 Å². The Morgan fingerprint density at radius 3 is 2.55 bits per heavy atom. The Hall–Kier alpha value is -1.35. The predicted molar refractivity (Wildman–Crippen MR) is 85.9 cm³/mol. The van der Waals surface area contributed by atoms with Crippen molar-refractivity contribution in [2.75, 3.05) is 12.4 Å². The fraction of sp³-hybridized carbons (Fsp3) is 0.588. The number of hydrogen-bond acceptors (Lipinski definition) is 2. The molecule has 0 saturated carbocycles. The molecular weight excluding hydrogens is 248 g/mol. The zero-order chi connectivity index (χ0) is 15.0. The van der Waals surface area contributed by atoms with Crippen LogP contribution in [0.25, 0.3) is 0 Å². The molecule has 2 atom stereocenters. The second-order valence-electron chi connectivity index (χ2n) is 5.33. The van der Waals surface area contributed by atoms with E-state index in [1.165, 1.54) is 0 Å². The van der Waals surface area contributed by atoms with Crippen LogP contribution < -0.4 is 10.6 Å². The van der Waals surface area contributed by atoms with Crippen LogP contribution in [0.15, 0.2) is 24.3 Å². The zero-order valence-corrected chi connectivity index (χ0v) is 13.2. The lowest BCUT2D eigenvalue weighted by Crippen LogP contribution is -2.24. The number of amides is 1. The number of hydrogen-bond donors (Lipinski definition) is 2. The molecule has 0 aliphatic rings. The minimum absolute atomic E-state index is 0.118. The highest BCUT2D eigenvalue weighted by molar-refractivity contribution is 5.93. The van der Waals surface area contributed by atoms with E-state index in [9.17, 15) is 4.79 Å². The molecule has 0 radical (unpaired) electrons. The van der Waals surface area contributed by atoms with Crippen molar-refractivity contribution < 1.29 is 4.79 Å². The average molecular weight is 276 g/mol. The van der Waals surface area contributed by atoms with Gasteiger partial charge in [0.25, 0.3) is 0 Å². The summed E-state index contributed by atoms with van der Waals surface area (Å²) in [6.45, 7) is 6.34. The van der Waals surface area contributed by atoms with Crippen LogP contribution in [0, 0.1) is 5.92 Å². The van der Waals surface area contributed by atoms with Gasteiger partial charge in [-0.3, -0.25) is 4.79 Å². The molecule has 3 heteroatoms. The van der Waals surface area contributed by atoms with Gasteiger partial charge in [0, 0.05) is 17.6 Å². The van der Waals surface area contributed by atoms with Gasteiger partial charge in [0.2, 0.25) is 5.91 Å². The first-order chi connectivity index (χ1) is 9.63. The van der Waals surface area contributed by atoms with Crippen molar-refractivity contribution in [1.82, 2.24) is 5.32 Å². The van der Waals surface area contributed by atoms with Crippen LogP contribution in [-0.2, 0) is 4.79 Å². The van der Waals surface area contributed by atoms with E-state index >= 15 is 0 Å². The van der Waals surface area contributed by atoms with E-state index in [1.54, 1.807) is 0 Å². The molecule has 1 aromatic rings. The summed E-state index contributed by atoms with van der Waals surface area (Å²) >= 11 is 0. The summed E-state index contributed by atoms with van der Waals surface area (Å²) in [5.41, 5.74) is 2.06. The summed E-state index contributed by atoms with van der Waals surface area (Å²) in [4.78, 5) is 12.4. The van der Waals surface area contributed by atoms with Crippen molar-refractivity contribution in [3.63, 3.8) is 0 Å². The lowest BCUT2D eigenvalue weighted by atomic mass is 9.98. The molecule has 0 aromatic heterocycles. The molecule has 2 N–H and O–H groups in total. The molecule has 2 unspecified atom stereocenters. The fourth-order valence-electron chi connectivity index (χ4n) is 2.35. The van der Waals surface area contributed by atoms with Crippen molar-refractivity contribution in [1.29, 1.82) is 0 Å². The van der Waals surface area contributed by atoms with E-state index < -0.39 is 0 Å². The van der Waals surface area contributed by atoms with E-state index in [-0.39, 0.29) is 17.9 Å². The number of anilines is 1. The molecule has 0 heterocycles. The Bertz CT molecular complexity index is 417. The van der Waals surface area contributed by atoms with E-state index in [2.05, 4.69) is 37.5 Å². The number of rotatable bonds is 8. The standard InChI is InChI=1S/C17H28N2O/c1-5-7-10-14(6-2)17(20)19-16-12-9-8-11-15(16)13(3)18-4/h8-9,11-14,18H,5-7,10H2,1-4H3,(H,19,20). The molecule has 3 nitrogen and oxygen atoms in total. The van der Waals surface area contributed by atoms with Gasteiger partial charge in [-0.25, -0.2) is 0 Å². The Labute approximate surface area is 123 Å². The number of para-hydroxylation sites is 1. The highest BCUT2D eigenvalue weighted by Gasteiger charge is 2.17. The lowest BCUT2D eigenvalue weighted by Gasteiger charge is -2.19. The zero-order valence-electron chi connectivity index (χ0n) is 13.2. The Morgan fingerprint density at radius 1 is 1.25 bits per heavy atom. The van der Waals surface area contributed by atoms with E-state index in [4.69, 9.17) is 0 Å². The van der Waals surface area contributed by atoms with Crippen molar-refractivity contribution in [2.45, 2.75) is 52.5 Å². The minimum Gasteiger partial charge on any atom is -0.326 e. The van der Waals surface area contributed by atoms with Crippen LogP contribution in [-0.4, -0.2) is 13.0 Å². The van der Waals surface area contributed by atoms with Gasteiger partial charge >= 0.3 is 0 Å². The molecular formula is C17H28N2O. The quantitative estimate of drug-likeness (QED) is 0.750. The van der Waals surface area contributed by atoms with Crippen LogP contribution in [0.4, 0.5) is 5.69 Å². The van der Waals surface area contributed by atoms with E-state index in [0.29, 0.717) is 0 Å². The molecule has 0 bridgehead atoms. The third kappa shape index (κ3) is 4.64. The number of carbonyl (C=O) groups excluding carboxylic acids is 1. The third-order valence-corrected chi connectivity index (χ3v) is 3.89. The number of unbranched alkanes of at least 4 members (excludes halogenated alkanes) is 1. The normalized spacial score (nSPS) is 13.8. The van der Waals surface area contributed by atoms with Gasteiger partial charge in [0.15, 0.2) is 0 Å². The largest absolute Gasteiger partial charge is 0.326 e. The molecule has 1 amide bonds. The first-order valence-corrected chi connectivity index (χ1v) is 7.71. The number of nitrogens with one attached hydrogen (secondary N) is 2. The molecule has 0 saturated heterocycles. The number of benzene rings is 1. The van der Waals surface area contributed by atoms with Crippen LogP contribution in [0.5, 0.6) is 0 Å². The summed E-state index contributed by atoms with van der Waals surface area (Å²) in [7, 11) is 1.93.